The third kappa shape index (κ3) is 44.0. The minimum Gasteiger partial charge on any atom is -0.394 e. The maximum Gasteiger partial charge on any atom is 0.220 e. The summed E-state index contributed by atoms with van der Waals surface area (Å²) in [5, 5.41) is 23.0. The Hall–Kier alpha value is -2.95. The van der Waals surface area contributed by atoms with Gasteiger partial charge in [-0.05, 0) is 96.3 Å². The molecule has 0 aromatic carbocycles. The Kier molecular flexibility index (Phi) is 45.0. The molecule has 57 heavy (non-hydrogen) atoms. The van der Waals surface area contributed by atoms with Crippen molar-refractivity contribution in [2.24, 2.45) is 0 Å². The Bertz CT molecular complexity index is 1120. The molecule has 0 spiro atoms. The Balaban J connectivity index is 3.75. The van der Waals surface area contributed by atoms with Crippen molar-refractivity contribution in [2.75, 3.05) is 6.61 Å². The topological polar surface area (TPSA) is 69.6 Å². The van der Waals surface area contributed by atoms with Crippen LogP contribution in [0.15, 0.2) is 109 Å². The van der Waals surface area contributed by atoms with Gasteiger partial charge in [0.25, 0.3) is 0 Å². The number of unbranched alkanes of at least 4 members (excludes halogenated alkanes) is 18. The Morgan fingerprint density at radius 1 is 0.439 bits per heavy atom. The Morgan fingerprint density at radius 3 is 1.23 bits per heavy atom. The highest BCUT2D eigenvalue weighted by Crippen LogP contribution is 2.14. The van der Waals surface area contributed by atoms with E-state index in [1.165, 1.54) is 96.3 Å². The van der Waals surface area contributed by atoms with Crippen LogP contribution in [0.1, 0.15) is 200 Å². The van der Waals surface area contributed by atoms with Crippen molar-refractivity contribution in [1.29, 1.82) is 0 Å². The maximum absolute atomic E-state index is 12.4. The molecule has 0 aliphatic rings. The number of allylic oxidation sites excluding steroid dienone is 17. The lowest BCUT2D eigenvalue weighted by atomic mass is 10.0. The van der Waals surface area contributed by atoms with Gasteiger partial charge in [0.1, 0.15) is 0 Å². The third-order valence-electron chi connectivity index (χ3n) is 9.97. The summed E-state index contributed by atoms with van der Waals surface area (Å²) in [6.07, 6.45) is 72.1. The minimum absolute atomic E-state index is 0.124. The molecule has 0 saturated carbocycles. The highest BCUT2D eigenvalue weighted by Gasteiger charge is 2.17. The zero-order valence-corrected chi connectivity index (χ0v) is 37.1. The number of carbonyl (C=O) groups excluding carboxylic acids is 1. The fourth-order valence-electron chi connectivity index (χ4n) is 6.39. The van der Waals surface area contributed by atoms with Gasteiger partial charge in [0.05, 0.1) is 18.8 Å². The quantitative estimate of drug-likeness (QED) is 0.0427. The smallest absolute Gasteiger partial charge is 0.220 e. The summed E-state index contributed by atoms with van der Waals surface area (Å²) >= 11 is 0. The number of nitrogens with one attached hydrogen (secondary N) is 1. The van der Waals surface area contributed by atoms with Crippen LogP contribution < -0.4 is 5.32 Å². The van der Waals surface area contributed by atoms with Gasteiger partial charge in [0.2, 0.25) is 5.91 Å². The van der Waals surface area contributed by atoms with Crippen LogP contribution in [-0.2, 0) is 4.79 Å². The molecule has 0 rings (SSSR count). The zero-order valence-electron chi connectivity index (χ0n) is 37.1. The van der Waals surface area contributed by atoms with E-state index >= 15 is 0 Å². The van der Waals surface area contributed by atoms with E-state index in [1.807, 2.05) is 6.08 Å². The molecular formula is C53H89NO3. The average Bonchev–Trinajstić information content (AvgIpc) is 3.22. The summed E-state index contributed by atoms with van der Waals surface area (Å²) in [6, 6.07) is -0.677. The van der Waals surface area contributed by atoms with E-state index in [1.54, 1.807) is 6.08 Å². The first-order chi connectivity index (χ1) is 28.2. The van der Waals surface area contributed by atoms with Crippen LogP contribution in [0.3, 0.4) is 0 Å². The van der Waals surface area contributed by atoms with Gasteiger partial charge >= 0.3 is 0 Å². The van der Waals surface area contributed by atoms with Crippen LogP contribution in [0.25, 0.3) is 0 Å². The van der Waals surface area contributed by atoms with Gasteiger partial charge in [0.15, 0.2) is 0 Å². The van der Waals surface area contributed by atoms with E-state index in [2.05, 4.69) is 116 Å². The zero-order chi connectivity index (χ0) is 41.4. The predicted molar refractivity (Wildman–Crippen MR) is 253 cm³/mol. The molecule has 0 aliphatic heterocycles. The van der Waals surface area contributed by atoms with Gasteiger partial charge in [-0.2, -0.15) is 0 Å². The molecule has 324 valence electrons. The number of carbonyl (C=O) groups is 1. The van der Waals surface area contributed by atoms with Crippen LogP contribution in [0, 0.1) is 0 Å². The first kappa shape index (κ1) is 54.1. The lowest BCUT2D eigenvalue weighted by Crippen LogP contribution is -2.45. The van der Waals surface area contributed by atoms with Crippen molar-refractivity contribution < 1.29 is 15.0 Å². The molecule has 0 saturated heterocycles. The molecule has 3 N–H and O–H groups in total. The molecule has 0 fully saturated rings. The van der Waals surface area contributed by atoms with E-state index in [0.29, 0.717) is 6.42 Å². The van der Waals surface area contributed by atoms with Crippen LogP contribution in [-0.4, -0.2) is 34.9 Å². The number of amides is 1. The van der Waals surface area contributed by atoms with E-state index in [0.717, 1.165) is 83.5 Å². The van der Waals surface area contributed by atoms with Gasteiger partial charge in [0, 0.05) is 6.42 Å². The van der Waals surface area contributed by atoms with Crippen LogP contribution in [0.5, 0.6) is 0 Å². The van der Waals surface area contributed by atoms with Crippen molar-refractivity contribution in [1.82, 2.24) is 5.32 Å². The summed E-state index contributed by atoms with van der Waals surface area (Å²) in [5.74, 6) is -0.124. The summed E-state index contributed by atoms with van der Waals surface area (Å²) < 4.78 is 0. The highest BCUT2D eigenvalue weighted by molar-refractivity contribution is 5.76. The first-order valence-corrected chi connectivity index (χ1v) is 23.6. The fourth-order valence-corrected chi connectivity index (χ4v) is 6.39. The Labute approximate surface area is 353 Å². The second-order valence-electron chi connectivity index (χ2n) is 15.4. The molecule has 0 aromatic heterocycles. The number of hydrogen-bond donors (Lipinski definition) is 3. The Morgan fingerprint density at radius 2 is 0.789 bits per heavy atom. The molecule has 2 atom stereocenters. The molecule has 4 nitrogen and oxygen atoms in total. The van der Waals surface area contributed by atoms with Crippen molar-refractivity contribution in [2.45, 2.75) is 212 Å². The normalized spacial score (nSPS) is 14.0. The molecule has 2 unspecified atom stereocenters. The largest absolute Gasteiger partial charge is 0.394 e. The van der Waals surface area contributed by atoms with Gasteiger partial charge in [-0.15, -0.1) is 0 Å². The van der Waals surface area contributed by atoms with Crippen molar-refractivity contribution in [3.8, 4) is 0 Å². The average molecular weight is 788 g/mol. The van der Waals surface area contributed by atoms with E-state index in [-0.39, 0.29) is 12.5 Å². The summed E-state index contributed by atoms with van der Waals surface area (Å²) in [6.45, 7) is 4.15. The van der Waals surface area contributed by atoms with Crippen molar-refractivity contribution in [3.63, 3.8) is 0 Å². The summed E-state index contributed by atoms with van der Waals surface area (Å²) in [4.78, 5) is 12.4. The van der Waals surface area contributed by atoms with E-state index in [9.17, 15) is 15.0 Å². The number of aliphatic hydroxyl groups is 2. The lowest BCUT2D eigenvalue weighted by Gasteiger charge is -2.19. The van der Waals surface area contributed by atoms with Gasteiger partial charge in [-0.25, -0.2) is 0 Å². The fraction of sp³-hybridized carbons (Fsp3) is 0.642. The number of aliphatic hydroxyl groups excluding tert-OH is 2. The second kappa shape index (κ2) is 47.4. The van der Waals surface area contributed by atoms with Crippen molar-refractivity contribution >= 4 is 5.91 Å². The van der Waals surface area contributed by atoms with Crippen LogP contribution in [0.4, 0.5) is 0 Å². The van der Waals surface area contributed by atoms with Crippen LogP contribution in [0.2, 0.25) is 0 Å². The highest BCUT2D eigenvalue weighted by atomic mass is 16.3. The van der Waals surface area contributed by atoms with Crippen LogP contribution >= 0.6 is 0 Å². The lowest BCUT2D eigenvalue weighted by molar-refractivity contribution is -0.123. The van der Waals surface area contributed by atoms with E-state index < -0.39 is 12.1 Å². The molecule has 4 heteroatoms. The number of rotatable bonds is 41. The molecule has 1 amide bonds. The third-order valence-corrected chi connectivity index (χ3v) is 9.97. The second-order valence-corrected chi connectivity index (χ2v) is 15.4. The molecule has 0 radical (unpaired) electrons. The predicted octanol–water partition coefficient (Wildman–Crippen LogP) is 15.2. The first-order valence-electron chi connectivity index (χ1n) is 23.6. The molecule has 0 heterocycles. The molecular weight excluding hydrogens is 699 g/mol. The molecule has 0 aliphatic carbocycles. The number of hydrogen-bond acceptors (Lipinski definition) is 3. The monoisotopic (exact) mass is 788 g/mol. The minimum atomic E-state index is -0.897. The summed E-state index contributed by atoms with van der Waals surface area (Å²) in [7, 11) is 0. The van der Waals surface area contributed by atoms with Crippen molar-refractivity contribution in [3.05, 3.63) is 109 Å². The summed E-state index contributed by atoms with van der Waals surface area (Å²) in [5.41, 5.74) is 0. The maximum atomic E-state index is 12.4. The molecule has 0 bridgehead atoms. The van der Waals surface area contributed by atoms with Gasteiger partial charge in [-0.3, -0.25) is 4.79 Å². The standard InChI is InChI=1S/C53H89NO3/c1-3-5-7-9-11-13-15-17-19-21-23-25-26-27-29-30-32-34-36-38-40-42-44-46-48-52(56)51(50-55)54-53(57)49-47-45-43-41-39-37-35-33-31-28-24-22-20-18-16-14-12-10-8-6-4-2/h6,8,12,14,18,20,24,28,30,32-33,35,38-41,46,48,51-52,55-56H,3-5,7,9-11,13,15-17,19,21-23,25-27,29,31,34,36-37,42-45,47,49-50H2,1-2H3,(H,54,57)/b8-6-,14-12-,20-18-,28-24-,32-30+,35-33-,40-38+,41-39-,48-46+. The van der Waals surface area contributed by atoms with E-state index in [4.69, 9.17) is 0 Å². The van der Waals surface area contributed by atoms with Gasteiger partial charge in [-0.1, -0.05) is 207 Å². The van der Waals surface area contributed by atoms with Gasteiger partial charge < -0.3 is 15.5 Å². The SMILES string of the molecule is CC/C=C\C/C=C\C/C=C\C/C=C\C/C=C\C/C=C\CCCCC(=O)NC(CO)C(O)/C=C/CC/C=C/CC/C=C/CCCCCCCCCCCCCCCC. The molecule has 0 aromatic rings.